The molecule has 1 aliphatic heterocycles. The van der Waals surface area contributed by atoms with Gasteiger partial charge >= 0.3 is 0 Å². The number of hydrogen-bond acceptors (Lipinski definition) is 2. The number of rotatable bonds is 3. The Labute approximate surface area is 106 Å². The maximum Gasteiger partial charge on any atom is 0.0746 e. The zero-order valence-corrected chi connectivity index (χ0v) is 11.8. The topological polar surface area (TPSA) is 23.5 Å². The van der Waals surface area contributed by atoms with Crippen molar-refractivity contribution in [2.45, 2.75) is 83.9 Å². The molecule has 1 saturated heterocycles. The van der Waals surface area contributed by atoms with Crippen LogP contribution in [0.5, 0.6) is 0 Å². The largest absolute Gasteiger partial charge is 0.391 e. The highest BCUT2D eigenvalue weighted by Gasteiger charge is 2.45. The molecule has 0 aromatic rings. The second kappa shape index (κ2) is 5.27. The van der Waals surface area contributed by atoms with Crippen LogP contribution in [0.1, 0.15) is 65.7 Å². The molecule has 17 heavy (non-hydrogen) atoms. The molecular formula is C15H29NO. The minimum atomic E-state index is -0.125. The summed E-state index contributed by atoms with van der Waals surface area (Å²) in [6.45, 7) is 7.93. The van der Waals surface area contributed by atoms with Crippen LogP contribution in [0.3, 0.4) is 0 Å². The average molecular weight is 239 g/mol. The predicted molar refractivity (Wildman–Crippen MR) is 72.1 cm³/mol. The first-order valence-electron chi connectivity index (χ1n) is 7.50. The monoisotopic (exact) mass is 239 g/mol. The Morgan fingerprint density at radius 3 is 2.59 bits per heavy atom. The van der Waals surface area contributed by atoms with Crippen molar-refractivity contribution in [1.82, 2.24) is 4.90 Å². The first-order chi connectivity index (χ1) is 8.06. The third-order valence-corrected chi connectivity index (χ3v) is 4.97. The molecule has 2 aliphatic rings. The van der Waals surface area contributed by atoms with Gasteiger partial charge < -0.3 is 5.11 Å². The summed E-state index contributed by atoms with van der Waals surface area (Å²) in [5.41, 5.74) is 0.124. The summed E-state index contributed by atoms with van der Waals surface area (Å²) in [7, 11) is 0. The molecule has 0 aromatic heterocycles. The highest BCUT2D eigenvalue weighted by Crippen LogP contribution is 2.41. The Bertz CT molecular complexity index is 249. The van der Waals surface area contributed by atoms with Crippen molar-refractivity contribution in [3.05, 3.63) is 0 Å². The van der Waals surface area contributed by atoms with E-state index < -0.39 is 0 Å². The standard InChI is InChI=1S/C15H29NO/c1-4-7-12-8-5-6-11-16(12)13-9-10-15(2,3)14(13)17/h12-14,17H,4-11H2,1-3H3. The van der Waals surface area contributed by atoms with Crippen LogP contribution in [0, 0.1) is 5.41 Å². The van der Waals surface area contributed by atoms with Crippen molar-refractivity contribution in [1.29, 1.82) is 0 Å². The number of hydrogen-bond donors (Lipinski definition) is 1. The molecule has 100 valence electrons. The molecule has 2 heteroatoms. The van der Waals surface area contributed by atoms with E-state index in [1.807, 2.05) is 0 Å². The van der Waals surface area contributed by atoms with E-state index in [1.165, 1.54) is 51.5 Å². The molecule has 2 nitrogen and oxygen atoms in total. The fraction of sp³-hybridized carbons (Fsp3) is 1.00. The summed E-state index contributed by atoms with van der Waals surface area (Å²) in [5, 5.41) is 10.5. The van der Waals surface area contributed by atoms with Crippen LogP contribution in [-0.4, -0.2) is 34.7 Å². The smallest absolute Gasteiger partial charge is 0.0746 e. The molecule has 3 atom stereocenters. The van der Waals surface area contributed by atoms with E-state index in [0.29, 0.717) is 6.04 Å². The van der Waals surface area contributed by atoms with E-state index >= 15 is 0 Å². The molecule has 2 rings (SSSR count). The quantitative estimate of drug-likeness (QED) is 0.817. The van der Waals surface area contributed by atoms with Gasteiger partial charge in [0.2, 0.25) is 0 Å². The van der Waals surface area contributed by atoms with Gasteiger partial charge in [0.15, 0.2) is 0 Å². The first-order valence-corrected chi connectivity index (χ1v) is 7.50. The second-order valence-corrected chi connectivity index (χ2v) is 6.72. The van der Waals surface area contributed by atoms with E-state index in [-0.39, 0.29) is 11.5 Å². The number of aliphatic hydroxyl groups excluding tert-OH is 1. The van der Waals surface area contributed by atoms with Gasteiger partial charge in [-0.3, -0.25) is 4.90 Å². The zero-order chi connectivity index (χ0) is 12.5. The van der Waals surface area contributed by atoms with Crippen LogP contribution in [0.25, 0.3) is 0 Å². The van der Waals surface area contributed by atoms with Crippen molar-refractivity contribution < 1.29 is 5.11 Å². The fourth-order valence-electron chi connectivity index (χ4n) is 3.80. The van der Waals surface area contributed by atoms with Gasteiger partial charge in [0.25, 0.3) is 0 Å². The summed E-state index contributed by atoms with van der Waals surface area (Å²) < 4.78 is 0. The number of piperidine rings is 1. The molecule has 0 amide bonds. The Kier molecular flexibility index (Phi) is 4.14. The van der Waals surface area contributed by atoms with E-state index in [2.05, 4.69) is 25.7 Å². The fourth-order valence-corrected chi connectivity index (χ4v) is 3.80. The molecule has 0 spiro atoms. The van der Waals surface area contributed by atoms with Crippen LogP contribution >= 0.6 is 0 Å². The second-order valence-electron chi connectivity index (χ2n) is 6.72. The lowest BCUT2D eigenvalue weighted by Crippen LogP contribution is -2.51. The summed E-state index contributed by atoms with van der Waals surface area (Å²) in [6, 6.07) is 1.17. The third kappa shape index (κ3) is 2.68. The highest BCUT2D eigenvalue weighted by atomic mass is 16.3. The van der Waals surface area contributed by atoms with Gasteiger partial charge in [-0.15, -0.1) is 0 Å². The van der Waals surface area contributed by atoms with E-state index in [0.717, 1.165) is 6.04 Å². The van der Waals surface area contributed by atoms with Crippen LogP contribution < -0.4 is 0 Å². The molecule has 0 bridgehead atoms. The lowest BCUT2D eigenvalue weighted by Gasteiger charge is -2.42. The Hall–Kier alpha value is -0.0800. The number of aliphatic hydroxyl groups is 1. The molecule has 1 aliphatic carbocycles. The Balaban J connectivity index is 2.04. The van der Waals surface area contributed by atoms with Crippen LogP contribution in [0.2, 0.25) is 0 Å². The summed E-state index contributed by atoms with van der Waals surface area (Å²) in [5.74, 6) is 0. The lowest BCUT2D eigenvalue weighted by atomic mass is 9.87. The first kappa shape index (κ1) is 13.4. The summed E-state index contributed by atoms with van der Waals surface area (Å²) >= 11 is 0. The molecule has 0 radical (unpaired) electrons. The van der Waals surface area contributed by atoms with Gasteiger partial charge in [0.1, 0.15) is 0 Å². The summed E-state index contributed by atoms with van der Waals surface area (Å²) in [6.07, 6.45) is 8.87. The average Bonchev–Trinajstić information content (AvgIpc) is 2.56. The summed E-state index contributed by atoms with van der Waals surface area (Å²) in [4.78, 5) is 2.65. The number of likely N-dealkylation sites (tertiary alicyclic amines) is 1. The van der Waals surface area contributed by atoms with Crippen molar-refractivity contribution in [3.8, 4) is 0 Å². The van der Waals surface area contributed by atoms with Gasteiger partial charge in [-0.1, -0.05) is 33.6 Å². The molecule has 0 aromatic carbocycles. The van der Waals surface area contributed by atoms with Gasteiger partial charge in [-0.2, -0.15) is 0 Å². The molecule has 1 heterocycles. The third-order valence-electron chi connectivity index (χ3n) is 4.97. The van der Waals surface area contributed by atoms with Crippen LogP contribution in [-0.2, 0) is 0 Å². The van der Waals surface area contributed by atoms with Gasteiger partial charge in [-0.05, 0) is 44.1 Å². The number of nitrogens with zero attached hydrogens (tertiary/aromatic N) is 1. The Morgan fingerprint density at radius 1 is 1.24 bits per heavy atom. The van der Waals surface area contributed by atoms with E-state index in [9.17, 15) is 5.11 Å². The normalized spacial score (nSPS) is 38.5. The SMILES string of the molecule is CCCC1CCCCN1C1CCC(C)(C)C1O. The Morgan fingerprint density at radius 2 is 2.00 bits per heavy atom. The van der Waals surface area contributed by atoms with Crippen molar-refractivity contribution in [2.75, 3.05) is 6.54 Å². The maximum atomic E-state index is 10.5. The van der Waals surface area contributed by atoms with E-state index in [4.69, 9.17) is 0 Å². The highest BCUT2D eigenvalue weighted by molar-refractivity contribution is 4.98. The molecule has 2 fully saturated rings. The van der Waals surface area contributed by atoms with Crippen molar-refractivity contribution >= 4 is 0 Å². The maximum absolute atomic E-state index is 10.5. The van der Waals surface area contributed by atoms with Gasteiger partial charge in [-0.25, -0.2) is 0 Å². The molecule has 1 N–H and O–H groups in total. The van der Waals surface area contributed by atoms with Gasteiger partial charge in [0.05, 0.1) is 6.10 Å². The predicted octanol–water partition coefficient (Wildman–Crippen LogP) is 3.19. The van der Waals surface area contributed by atoms with Crippen LogP contribution in [0.15, 0.2) is 0 Å². The minimum Gasteiger partial charge on any atom is -0.391 e. The van der Waals surface area contributed by atoms with Crippen molar-refractivity contribution in [3.63, 3.8) is 0 Å². The molecule has 3 unspecified atom stereocenters. The molecule has 1 saturated carbocycles. The zero-order valence-electron chi connectivity index (χ0n) is 11.8. The van der Waals surface area contributed by atoms with Gasteiger partial charge in [0, 0.05) is 12.1 Å². The lowest BCUT2D eigenvalue weighted by molar-refractivity contribution is -0.0142. The van der Waals surface area contributed by atoms with E-state index in [1.54, 1.807) is 0 Å². The van der Waals surface area contributed by atoms with Crippen LogP contribution in [0.4, 0.5) is 0 Å². The minimum absolute atomic E-state index is 0.124. The molecular weight excluding hydrogens is 210 g/mol. The van der Waals surface area contributed by atoms with Crippen molar-refractivity contribution in [2.24, 2.45) is 5.41 Å².